The average molecular weight is 478 g/mol. The molecule has 2 aromatic rings. The minimum atomic E-state index is -2.96. The van der Waals surface area contributed by atoms with Crippen LogP contribution in [-0.4, -0.2) is 35.9 Å². The van der Waals surface area contributed by atoms with Gasteiger partial charge in [-0.25, -0.2) is 0 Å². The van der Waals surface area contributed by atoms with E-state index in [4.69, 9.17) is 21.1 Å². The first-order valence-electron chi connectivity index (χ1n) is 9.39. The molecule has 0 spiro atoms. The van der Waals surface area contributed by atoms with Crippen molar-refractivity contribution in [1.29, 1.82) is 0 Å². The van der Waals surface area contributed by atoms with Gasteiger partial charge in [0.25, 0.3) is 0 Å². The zero-order chi connectivity index (χ0) is 21.5. The van der Waals surface area contributed by atoms with Crippen molar-refractivity contribution in [2.45, 2.75) is 24.7 Å². The Morgan fingerprint density at radius 2 is 1.66 bits per heavy atom. The van der Waals surface area contributed by atoms with Crippen LogP contribution in [0.4, 0.5) is 0 Å². The molecule has 0 radical (unpaired) electrons. The van der Waals surface area contributed by atoms with E-state index >= 15 is 0 Å². The van der Waals surface area contributed by atoms with Gasteiger partial charge in [0.15, 0.2) is 11.5 Å². The molecule has 0 saturated carbocycles. The average Bonchev–Trinajstić information content (AvgIpc) is 3.26. The van der Waals surface area contributed by atoms with Crippen LogP contribution in [0.15, 0.2) is 36.4 Å². The molecule has 4 rings (SSSR count). The maximum Gasteiger partial charge on any atom is 1.00 e. The van der Waals surface area contributed by atoms with Gasteiger partial charge in [-0.2, -0.15) is 0 Å². The summed E-state index contributed by atoms with van der Waals surface area (Å²) in [6.45, 7) is 1.02. The molecule has 0 fully saturated rings. The fraction of sp³-hybridized carbons (Fsp3) is 0.333. The molecule has 1 aliphatic heterocycles. The summed E-state index contributed by atoms with van der Waals surface area (Å²) in [4.78, 5) is 22.4. The zero-order valence-corrected chi connectivity index (χ0v) is 22.5. The number of carbonyl (C=O) groups is 2. The fourth-order valence-electron chi connectivity index (χ4n) is 3.86. The third-order valence-corrected chi connectivity index (χ3v) is 5.57. The summed E-state index contributed by atoms with van der Waals surface area (Å²) in [5.74, 6) is -6.70. The van der Waals surface area contributed by atoms with Gasteiger partial charge in [0.1, 0.15) is 11.9 Å². The van der Waals surface area contributed by atoms with E-state index in [1.165, 1.54) is 0 Å². The number of benzene rings is 2. The van der Waals surface area contributed by atoms with Crippen LogP contribution in [0.3, 0.4) is 0 Å². The normalized spacial score (nSPS) is 16.4. The number of aliphatic carboxylic acids is 2. The molecule has 1 atom stereocenters. The SMILES string of the molecule is O=C([O-])C1(C(=O)[O-])Oc2cc3c(cc2O1)CC(CNC[C@H](O)c1cccc(Cl)c1)C3.[Na+].[Na+]. The Balaban J connectivity index is 0.00000181. The molecular formula is C21H18ClNNa2O7. The third-order valence-electron chi connectivity index (χ3n) is 5.33. The first-order chi connectivity index (χ1) is 14.3. The number of nitrogens with one attached hydrogen (secondary N) is 1. The molecule has 0 bridgehead atoms. The van der Waals surface area contributed by atoms with Crippen LogP contribution in [0.1, 0.15) is 22.8 Å². The van der Waals surface area contributed by atoms with Gasteiger partial charge in [-0.1, -0.05) is 23.7 Å². The number of rotatable bonds is 7. The molecule has 11 heteroatoms. The zero-order valence-electron chi connectivity index (χ0n) is 17.7. The number of carboxylic acids is 2. The van der Waals surface area contributed by atoms with Crippen LogP contribution in [0.25, 0.3) is 0 Å². The number of fused-ring (bicyclic) bond motifs is 2. The second kappa shape index (κ2) is 11.1. The van der Waals surface area contributed by atoms with Crippen molar-refractivity contribution in [2.24, 2.45) is 5.92 Å². The van der Waals surface area contributed by atoms with Gasteiger partial charge in [-0.3, -0.25) is 0 Å². The molecule has 2 N–H and O–H groups in total. The number of ether oxygens (including phenoxy) is 2. The van der Waals surface area contributed by atoms with Gasteiger partial charge in [-0.15, -0.1) is 0 Å². The second-order valence-electron chi connectivity index (χ2n) is 7.47. The number of carboxylic acid groups (broad SMARTS) is 2. The van der Waals surface area contributed by atoms with Gasteiger partial charge in [0, 0.05) is 11.6 Å². The summed E-state index contributed by atoms with van der Waals surface area (Å²) in [6.07, 6.45) is 0.701. The first kappa shape index (κ1) is 27.4. The minimum Gasteiger partial charge on any atom is -0.542 e. The maximum atomic E-state index is 11.2. The summed E-state index contributed by atoms with van der Waals surface area (Å²) in [5.41, 5.74) is 2.58. The van der Waals surface area contributed by atoms with Crippen LogP contribution in [0.5, 0.6) is 11.5 Å². The van der Waals surface area contributed by atoms with Crippen LogP contribution >= 0.6 is 11.6 Å². The predicted molar refractivity (Wildman–Crippen MR) is 101 cm³/mol. The van der Waals surface area contributed by atoms with Gasteiger partial charge in [-0.05, 0) is 66.3 Å². The van der Waals surface area contributed by atoms with E-state index in [1.54, 1.807) is 30.3 Å². The molecule has 0 aromatic heterocycles. The monoisotopic (exact) mass is 477 g/mol. The molecule has 1 aliphatic carbocycles. The van der Waals surface area contributed by atoms with E-state index < -0.39 is 23.8 Å². The van der Waals surface area contributed by atoms with Crippen molar-refractivity contribution >= 4 is 23.5 Å². The van der Waals surface area contributed by atoms with Crippen molar-refractivity contribution in [3.05, 3.63) is 58.1 Å². The van der Waals surface area contributed by atoms with Gasteiger partial charge in [0.05, 0.1) is 6.10 Å². The third kappa shape index (κ3) is 5.46. The Morgan fingerprint density at radius 3 is 2.16 bits per heavy atom. The van der Waals surface area contributed by atoms with E-state index in [9.17, 15) is 24.9 Å². The largest absolute Gasteiger partial charge is 1.00 e. The van der Waals surface area contributed by atoms with E-state index in [0.717, 1.165) is 16.7 Å². The molecule has 32 heavy (non-hydrogen) atoms. The Hall–Kier alpha value is -0.810. The molecule has 2 aromatic carbocycles. The summed E-state index contributed by atoms with van der Waals surface area (Å²) in [5, 5.41) is 36.5. The van der Waals surface area contributed by atoms with Crippen LogP contribution in [0.2, 0.25) is 5.02 Å². The number of hydrogen-bond donors (Lipinski definition) is 2. The van der Waals surface area contributed by atoms with Crippen LogP contribution < -0.4 is 84.1 Å². The van der Waals surface area contributed by atoms with Crippen LogP contribution in [0, 0.1) is 5.92 Å². The molecule has 158 valence electrons. The summed E-state index contributed by atoms with van der Waals surface area (Å²) in [7, 11) is 0. The minimum absolute atomic E-state index is 0. The molecule has 0 unspecified atom stereocenters. The van der Waals surface area contributed by atoms with E-state index in [2.05, 4.69) is 5.32 Å². The van der Waals surface area contributed by atoms with Crippen molar-refractivity contribution in [3.63, 3.8) is 0 Å². The second-order valence-corrected chi connectivity index (χ2v) is 7.90. The van der Waals surface area contributed by atoms with Gasteiger partial charge in [0.2, 0.25) is 0 Å². The van der Waals surface area contributed by atoms with E-state index in [-0.39, 0.29) is 76.5 Å². The topological polar surface area (TPSA) is 131 Å². The molecule has 1 heterocycles. The van der Waals surface area contributed by atoms with Gasteiger partial charge < -0.3 is 39.7 Å². The number of carbonyl (C=O) groups excluding carboxylic acids is 2. The Kier molecular flexibility index (Phi) is 9.50. The van der Waals surface area contributed by atoms with E-state index in [1.807, 2.05) is 6.07 Å². The van der Waals surface area contributed by atoms with Crippen molar-refractivity contribution < 1.29 is 93.5 Å². The molecule has 2 aliphatic rings. The van der Waals surface area contributed by atoms with Crippen molar-refractivity contribution in [2.75, 3.05) is 13.1 Å². The van der Waals surface area contributed by atoms with Crippen LogP contribution in [-0.2, 0) is 22.4 Å². The number of halogens is 1. The van der Waals surface area contributed by atoms with Crippen molar-refractivity contribution in [1.82, 2.24) is 5.32 Å². The van der Waals surface area contributed by atoms with Gasteiger partial charge >= 0.3 is 64.9 Å². The summed E-state index contributed by atoms with van der Waals surface area (Å²) >= 11 is 5.95. The molecule has 0 amide bonds. The van der Waals surface area contributed by atoms with E-state index in [0.29, 0.717) is 31.0 Å². The predicted octanol–water partition coefficient (Wildman–Crippen LogP) is -6.65. The fourth-order valence-corrected chi connectivity index (χ4v) is 4.06. The molecule has 0 saturated heterocycles. The number of aliphatic hydroxyl groups is 1. The Labute approximate surface area is 233 Å². The standard InChI is InChI=1S/C21H20ClNO7.2Na/c22-15-3-1-2-12(6-15)16(24)10-23-9-11-4-13-7-17-18(8-14(13)5-11)30-21(29-17,19(25)26)20(27)28;;/h1-3,6-8,11,16,23-24H,4-5,9-10H2,(H,25,26)(H,27,28);;/q;2*+1/p-2/t16-;;/m0../s1. The summed E-state index contributed by atoms with van der Waals surface area (Å²) in [6, 6.07) is 10.3. The summed E-state index contributed by atoms with van der Waals surface area (Å²) < 4.78 is 10.1. The number of hydrogen-bond acceptors (Lipinski definition) is 8. The Bertz CT molecular complexity index is 969. The number of aliphatic hydroxyl groups excluding tert-OH is 1. The Morgan fingerprint density at radius 1 is 1.09 bits per heavy atom. The first-order valence-corrected chi connectivity index (χ1v) is 9.77. The maximum absolute atomic E-state index is 11.2. The molecule has 8 nitrogen and oxygen atoms in total. The smallest absolute Gasteiger partial charge is 0.542 e. The van der Waals surface area contributed by atoms with Crippen molar-refractivity contribution in [3.8, 4) is 11.5 Å². The molecular weight excluding hydrogens is 460 g/mol. The quantitative estimate of drug-likeness (QED) is 0.297.